The van der Waals surface area contributed by atoms with Gasteiger partial charge in [-0.2, -0.15) is 0 Å². The highest BCUT2D eigenvalue weighted by Gasteiger charge is 2.05. The van der Waals surface area contributed by atoms with Crippen molar-refractivity contribution in [3.63, 3.8) is 0 Å². The second-order valence-electron chi connectivity index (χ2n) is 3.62. The fraction of sp³-hybridized carbons (Fsp3) is 0.231. The molecule has 16 heavy (non-hydrogen) atoms. The SMILES string of the molecule is COc1ccccc1Cc1cncnc1C. The zero-order valence-corrected chi connectivity index (χ0v) is 9.47. The first kappa shape index (κ1) is 10.6. The molecule has 0 aliphatic carbocycles. The predicted molar refractivity (Wildman–Crippen MR) is 62.6 cm³/mol. The summed E-state index contributed by atoms with van der Waals surface area (Å²) in [5, 5.41) is 0. The summed E-state index contributed by atoms with van der Waals surface area (Å²) in [6, 6.07) is 8.01. The van der Waals surface area contributed by atoms with Crippen molar-refractivity contribution in [3.8, 4) is 5.75 Å². The standard InChI is InChI=1S/C13H14N2O/c1-10-12(8-14-9-15-10)7-11-5-3-4-6-13(11)16-2/h3-6,8-9H,7H2,1-2H3. The van der Waals surface area contributed by atoms with Gasteiger partial charge in [-0.1, -0.05) is 18.2 Å². The zero-order chi connectivity index (χ0) is 11.4. The van der Waals surface area contributed by atoms with E-state index in [-0.39, 0.29) is 0 Å². The Bertz CT molecular complexity index is 483. The van der Waals surface area contributed by atoms with Crippen LogP contribution in [-0.4, -0.2) is 17.1 Å². The van der Waals surface area contributed by atoms with Crippen molar-refractivity contribution < 1.29 is 4.74 Å². The van der Waals surface area contributed by atoms with Gasteiger partial charge in [0.15, 0.2) is 0 Å². The lowest BCUT2D eigenvalue weighted by molar-refractivity contribution is 0.410. The molecule has 2 rings (SSSR count). The van der Waals surface area contributed by atoms with Crippen LogP contribution in [0, 0.1) is 6.92 Å². The van der Waals surface area contributed by atoms with Gasteiger partial charge in [0.05, 0.1) is 7.11 Å². The van der Waals surface area contributed by atoms with E-state index in [0.29, 0.717) is 0 Å². The van der Waals surface area contributed by atoms with E-state index in [1.54, 1.807) is 13.4 Å². The molecule has 1 aromatic carbocycles. The molecule has 1 heterocycles. The Hall–Kier alpha value is -1.90. The highest BCUT2D eigenvalue weighted by Crippen LogP contribution is 2.21. The number of aromatic nitrogens is 2. The third-order valence-corrected chi connectivity index (χ3v) is 2.59. The van der Waals surface area contributed by atoms with Crippen molar-refractivity contribution in [3.05, 3.63) is 53.6 Å². The van der Waals surface area contributed by atoms with Crippen LogP contribution < -0.4 is 4.74 Å². The summed E-state index contributed by atoms with van der Waals surface area (Å²) in [4.78, 5) is 8.22. The number of aryl methyl sites for hydroxylation is 1. The largest absolute Gasteiger partial charge is 0.496 e. The molecule has 0 saturated carbocycles. The Morgan fingerprint density at radius 2 is 2.00 bits per heavy atom. The average Bonchev–Trinajstić information content (AvgIpc) is 2.33. The molecule has 0 amide bonds. The van der Waals surface area contributed by atoms with Gasteiger partial charge in [0.25, 0.3) is 0 Å². The molecule has 0 atom stereocenters. The van der Waals surface area contributed by atoms with E-state index in [4.69, 9.17) is 4.74 Å². The highest BCUT2D eigenvalue weighted by atomic mass is 16.5. The van der Waals surface area contributed by atoms with Crippen molar-refractivity contribution in [2.75, 3.05) is 7.11 Å². The van der Waals surface area contributed by atoms with Crippen molar-refractivity contribution >= 4 is 0 Å². The maximum absolute atomic E-state index is 5.32. The molecule has 1 aromatic heterocycles. The first-order valence-corrected chi connectivity index (χ1v) is 5.18. The average molecular weight is 214 g/mol. The first-order chi connectivity index (χ1) is 7.81. The van der Waals surface area contributed by atoms with Crippen LogP contribution in [0.2, 0.25) is 0 Å². The van der Waals surface area contributed by atoms with Crippen LogP contribution in [-0.2, 0) is 6.42 Å². The molecule has 0 saturated heterocycles. The molecule has 0 spiro atoms. The fourth-order valence-corrected chi connectivity index (χ4v) is 1.65. The van der Waals surface area contributed by atoms with Crippen molar-refractivity contribution in [2.24, 2.45) is 0 Å². The van der Waals surface area contributed by atoms with Crippen molar-refractivity contribution in [1.29, 1.82) is 0 Å². The Kier molecular flexibility index (Phi) is 3.15. The van der Waals surface area contributed by atoms with Gasteiger partial charge in [-0.3, -0.25) is 0 Å². The lowest BCUT2D eigenvalue weighted by Gasteiger charge is -2.08. The summed E-state index contributed by atoms with van der Waals surface area (Å²) >= 11 is 0. The lowest BCUT2D eigenvalue weighted by Crippen LogP contribution is -1.97. The zero-order valence-electron chi connectivity index (χ0n) is 9.47. The molecule has 3 nitrogen and oxygen atoms in total. The summed E-state index contributed by atoms with van der Waals surface area (Å²) < 4.78 is 5.32. The Morgan fingerprint density at radius 3 is 2.75 bits per heavy atom. The van der Waals surface area contributed by atoms with Gasteiger partial charge in [0.2, 0.25) is 0 Å². The number of nitrogens with zero attached hydrogens (tertiary/aromatic N) is 2. The van der Waals surface area contributed by atoms with Gasteiger partial charge in [0.1, 0.15) is 12.1 Å². The third kappa shape index (κ3) is 2.19. The fourth-order valence-electron chi connectivity index (χ4n) is 1.65. The number of rotatable bonds is 3. The minimum Gasteiger partial charge on any atom is -0.496 e. The molecule has 0 aliphatic rings. The normalized spacial score (nSPS) is 10.1. The summed E-state index contributed by atoms with van der Waals surface area (Å²) in [7, 11) is 1.69. The molecule has 0 radical (unpaired) electrons. The van der Waals surface area contributed by atoms with Crippen molar-refractivity contribution in [1.82, 2.24) is 9.97 Å². The number of hydrogen-bond donors (Lipinski definition) is 0. The molecule has 3 heteroatoms. The number of para-hydroxylation sites is 1. The van der Waals surface area contributed by atoms with E-state index in [1.807, 2.05) is 31.3 Å². The number of benzene rings is 1. The second kappa shape index (κ2) is 4.75. The first-order valence-electron chi connectivity index (χ1n) is 5.18. The Balaban J connectivity index is 2.30. The molecule has 0 aliphatic heterocycles. The molecule has 2 aromatic rings. The minimum absolute atomic E-state index is 0.802. The van der Waals surface area contributed by atoms with Crippen LogP contribution in [0.25, 0.3) is 0 Å². The van der Waals surface area contributed by atoms with Gasteiger partial charge >= 0.3 is 0 Å². The number of hydrogen-bond acceptors (Lipinski definition) is 3. The van der Waals surface area contributed by atoms with Crippen molar-refractivity contribution in [2.45, 2.75) is 13.3 Å². The second-order valence-corrected chi connectivity index (χ2v) is 3.62. The maximum Gasteiger partial charge on any atom is 0.122 e. The van der Waals surface area contributed by atoms with E-state index < -0.39 is 0 Å². The molecular weight excluding hydrogens is 200 g/mol. The smallest absolute Gasteiger partial charge is 0.122 e. The third-order valence-electron chi connectivity index (χ3n) is 2.59. The number of methoxy groups -OCH3 is 1. The van der Waals surface area contributed by atoms with Gasteiger partial charge in [-0.15, -0.1) is 0 Å². The summed E-state index contributed by atoms with van der Waals surface area (Å²) in [6.45, 7) is 1.99. The van der Waals surface area contributed by atoms with Crippen LogP contribution >= 0.6 is 0 Å². The van der Waals surface area contributed by atoms with Crippen LogP contribution in [0.1, 0.15) is 16.8 Å². The van der Waals surface area contributed by atoms with Crippen LogP contribution in [0.3, 0.4) is 0 Å². The van der Waals surface area contributed by atoms with Gasteiger partial charge < -0.3 is 4.74 Å². The summed E-state index contributed by atoms with van der Waals surface area (Å²) in [5.74, 6) is 0.908. The molecule has 0 N–H and O–H groups in total. The Labute approximate surface area is 95.1 Å². The van der Waals surface area contributed by atoms with Crippen LogP contribution in [0.15, 0.2) is 36.8 Å². The van der Waals surface area contributed by atoms with Crippen LogP contribution in [0.5, 0.6) is 5.75 Å². The minimum atomic E-state index is 0.802. The topological polar surface area (TPSA) is 35.0 Å². The van der Waals surface area contributed by atoms with E-state index in [0.717, 1.165) is 29.0 Å². The van der Waals surface area contributed by atoms with Gasteiger partial charge in [-0.05, 0) is 24.1 Å². The molecule has 0 unspecified atom stereocenters. The van der Waals surface area contributed by atoms with E-state index in [2.05, 4.69) is 16.0 Å². The summed E-state index contributed by atoms with van der Waals surface area (Å²) in [6.07, 6.45) is 4.23. The molecule has 0 bridgehead atoms. The number of ether oxygens (including phenoxy) is 1. The Morgan fingerprint density at radius 1 is 1.19 bits per heavy atom. The maximum atomic E-state index is 5.32. The van der Waals surface area contributed by atoms with E-state index in [1.165, 1.54) is 0 Å². The van der Waals surface area contributed by atoms with Gasteiger partial charge in [0, 0.05) is 18.3 Å². The molecular formula is C13H14N2O. The predicted octanol–water partition coefficient (Wildman–Crippen LogP) is 2.38. The van der Waals surface area contributed by atoms with Crippen LogP contribution in [0.4, 0.5) is 0 Å². The highest BCUT2D eigenvalue weighted by molar-refractivity contribution is 5.37. The lowest BCUT2D eigenvalue weighted by atomic mass is 10.0. The monoisotopic (exact) mass is 214 g/mol. The van der Waals surface area contributed by atoms with E-state index in [9.17, 15) is 0 Å². The molecule has 82 valence electrons. The summed E-state index contributed by atoms with van der Waals surface area (Å²) in [5.41, 5.74) is 3.30. The molecule has 0 fully saturated rings. The van der Waals surface area contributed by atoms with Gasteiger partial charge in [-0.25, -0.2) is 9.97 Å². The van der Waals surface area contributed by atoms with E-state index >= 15 is 0 Å². The quantitative estimate of drug-likeness (QED) is 0.786.